The highest BCUT2D eigenvalue weighted by Gasteiger charge is 2.36. The fraction of sp³-hybridized carbons (Fsp3) is 0.0690. The molecule has 0 bridgehead atoms. The minimum atomic E-state index is -4.89. The molecule has 0 fully saturated rings. The number of nitrogens with zero attached hydrogens (tertiary/aromatic N) is 2. The number of hydrogen-bond acceptors (Lipinski definition) is 3. The summed E-state index contributed by atoms with van der Waals surface area (Å²) in [5.41, 5.74) is 0.531. The number of nitrogens with one attached hydrogen (secondary N) is 2. The quantitative estimate of drug-likeness (QED) is 0.223. The molecule has 3 heterocycles. The van der Waals surface area contributed by atoms with E-state index in [1.54, 1.807) is 41.3 Å². The largest absolute Gasteiger partial charge is 0.416 e. The van der Waals surface area contributed by atoms with Gasteiger partial charge in [-0.25, -0.2) is 13.8 Å². The summed E-state index contributed by atoms with van der Waals surface area (Å²) < 4.78 is 70.0. The molecule has 0 saturated heterocycles. The van der Waals surface area contributed by atoms with E-state index in [0.29, 0.717) is 23.3 Å². The van der Waals surface area contributed by atoms with Crippen LogP contribution in [0.5, 0.6) is 0 Å². The van der Waals surface area contributed by atoms with Gasteiger partial charge in [-0.3, -0.25) is 9.59 Å². The first-order valence-electron chi connectivity index (χ1n) is 12.0. The SMILES string of the molecule is O=C(Nc1cc(-c2ccn3cncc3c2)cc2c1C(c1cc(F)ccc1Cl)NC2=O)c1cc(F)cc(C(F)(F)F)c1. The summed E-state index contributed by atoms with van der Waals surface area (Å²) in [5, 5.41) is 5.41. The second-order valence-electron chi connectivity index (χ2n) is 9.38. The molecule has 41 heavy (non-hydrogen) atoms. The normalized spacial score (nSPS) is 14.7. The number of aromatic nitrogens is 2. The van der Waals surface area contributed by atoms with Crippen molar-refractivity contribution in [1.82, 2.24) is 14.7 Å². The van der Waals surface area contributed by atoms with Crippen molar-refractivity contribution >= 4 is 34.6 Å². The van der Waals surface area contributed by atoms with Gasteiger partial charge in [-0.2, -0.15) is 13.2 Å². The first kappa shape index (κ1) is 26.5. The van der Waals surface area contributed by atoms with Crippen LogP contribution in [-0.2, 0) is 6.18 Å². The molecule has 0 spiro atoms. The lowest BCUT2D eigenvalue weighted by Gasteiger charge is -2.19. The first-order chi connectivity index (χ1) is 19.5. The number of carbonyl (C=O) groups is 2. The van der Waals surface area contributed by atoms with Crippen molar-refractivity contribution in [3.8, 4) is 11.1 Å². The second-order valence-corrected chi connectivity index (χ2v) is 9.79. The molecule has 3 aromatic carbocycles. The minimum absolute atomic E-state index is 0.0392. The van der Waals surface area contributed by atoms with Gasteiger partial charge < -0.3 is 15.0 Å². The van der Waals surface area contributed by atoms with Gasteiger partial charge in [0.1, 0.15) is 11.6 Å². The van der Waals surface area contributed by atoms with Gasteiger partial charge >= 0.3 is 6.18 Å². The third-order valence-corrected chi connectivity index (χ3v) is 7.08. The fourth-order valence-electron chi connectivity index (χ4n) is 4.85. The van der Waals surface area contributed by atoms with Crippen LogP contribution in [0.2, 0.25) is 5.02 Å². The highest BCUT2D eigenvalue weighted by molar-refractivity contribution is 6.31. The molecule has 0 saturated carbocycles. The average Bonchev–Trinajstić information content (AvgIpc) is 3.53. The highest BCUT2D eigenvalue weighted by atomic mass is 35.5. The Labute approximate surface area is 233 Å². The number of anilines is 1. The Balaban J connectivity index is 1.51. The van der Waals surface area contributed by atoms with Crippen LogP contribution in [0.15, 0.2) is 79.4 Å². The summed E-state index contributed by atoms with van der Waals surface area (Å²) >= 11 is 6.33. The summed E-state index contributed by atoms with van der Waals surface area (Å²) in [6.45, 7) is 0. The van der Waals surface area contributed by atoms with Crippen LogP contribution in [0.1, 0.15) is 43.4 Å². The average molecular weight is 583 g/mol. The van der Waals surface area contributed by atoms with Gasteiger partial charge in [0.15, 0.2) is 0 Å². The van der Waals surface area contributed by atoms with Crippen molar-refractivity contribution in [2.24, 2.45) is 0 Å². The van der Waals surface area contributed by atoms with Crippen LogP contribution < -0.4 is 10.6 Å². The molecule has 1 aliphatic heterocycles. The fourth-order valence-corrected chi connectivity index (χ4v) is 5.08. The number of pyridine rings is 1. The van der Waals surface area contributed by atoms with Crippen molar-refractivity contribution < 1.29 is 31.5 Å². The molecule has 6 nitrogen and oxygen atoms in total. The molecule has 12 heteroatoms. The van der Waals surface area contributed by atoms with E-state index >= 15 is 0 Å². The van der Waals surface area contributed by atoms with Crippen molar-refractivity contribution in [2.45, 2.75) is 12.2 Å². The third-order valence-electron chi connectivity index (χ3n) is 6.74. The Morgan fingerprint density at radius 3 is 2.56 bits per heavy atom. The Kier molecular flexibility index (Phi) is 6.26. The molecule has 2 aromatic heterocycles. The predicted octanol–water partition coefficient (Wildman–Crippen LogP) is 7.04. The van der Waals surface area contributed by atoms with Crippen molar-refractivity contribution in [3.63, 3.8) is 0 Å². The van der Waals surface area contributed by atoms with Crippen molar-refractivity contribution in [3.05, 3.63) is 124 Å². The second kappa shape index (κ2) is 9.70. The van der Waals surface area contributed by atoms with Gasteiger partial charge in [0.25, 0.3) is 11.8 Å². The minimum Gasteiger partial charge on any atom is -0.341 e. The maximum absolute atomic E-state index is 14.2. The Hall–Kier alpha value is -4.77. The number of halogens is 6. The zero-order valence-electron chi connectivity index (χ0n) is 20.6. The van der Waals surface area contributed by atoms with Crippen LogP contribution in [0, 0.1) is 11.6 Å². The van der Waals surface area contributed by atoms with Gasteiger partial charge in [-0.1, -0.05) is 11.6 Å². The summed E-state index contributed by atoms with van der Waals surface area (Å²) in [7, 11) is 0. The van der Waals surface area contributed by atoms with E-state index < -0.39 is 46.8 Å². The highest BCUT2D eigenvalue weighted by Crippen LogP contribution is 2.42. The van der Waals surface area contributed by atoms with E-state index in [0.717, 1.165) is 17.6 Å². The topological polar surface area (TPSA) is 75.5 Å². The molecule has 1 unspecified atom stereocenters. The third kappa shape index (κ3) is 4.89. The van der Waals surface area contributed by atoms with E-state index in [9.17, 15) is 31.5 Å². The van der Waals surface area contributed by atoms with Gasteiger partial charge in [-0.15, -0.1) is 0 Å². The van der Waals surface area contributed by atoms with Crippen LogP contribution in [0.25, 0.3) is 16.6 Å². The van der Waals surface area contributed by atoms with Crippen LogP contribution in [0.3, 0.4) is 0 Å². The number of carbonyl (C=O) groups excluding carboxylic acids is 2. The van der Waals surface area contributed by atoms with Gasteiger partial charge in [0.05, 0.1) is 29.6 Å². The lowest BCUT2D eigenvalue weighted by atomic mass is 9.92. The van der Waals surface area contributed by atoms with Crippen LogP contribution in [-0.4, -0.2) is 21.2 Å². The molecule has 6 rings (SSSR count). The monoisotopic (exact) mass is 582 g/mol. The molecule has 2 amide bonds. The van der Waals surface area contributed by atoms with Crippen molar-refractivity contribution in [1.29, 1.82) is 0 Å². The maximum Gasteiger partial charge on any atom is 0.416 e. The first-order valence-corrected chi connectivity index (χ1v) is 12.4. The van der Waals surface area contributed by atoms with E-state index in [1.165, 1.54) is 12.1 Å². The number of benzene rings is 3. The lowest BCUT2D eigenvalue weighted by Crippen LogP contribution is -2.21. The lowest BCUT2D eigenvalue weighted by molar-refractivity contribution is -0.137. The number of hydrogen-bond donors (Lipinski definition) is 2. The number of alkyl halides is 3. The molecule has 0 aliphatic carbocycles. The molecule has 5 aromatic rings. The van der Waals surface area contributed by atoms with Crippen LogP contribution >= 0.6 is 11.6 Å². The molecule has 1 atom stereocenters. The molecule has 1 aliphatic rings. The zero-order valence-corrected chi connectivity index (χ0v) is 21.3. The molecular weight excluding hydrogens is 567 g/mol. The van der Waals surface area contributed by atoms with Gasteiger partial charge in [0, 0.05) is 39.2 Å². The molecular formula is C29H16ClF5N4O2. The Bertz CT molecular complexity index is 1890. The number of amides is 2. The van der Waals surface area contributed by atoms with E-state index in [4.69, 9.17) is 11.6 Å². The van der Waals surface area contributed by atoms with Crippen LogP contribution in [0.4, 0.5) is 27.6 Å². The summed E-state index contributed by atoms with van der Waals surface area (Å²) in [5.74, 6) is -3.47. The summed E-state index contributed by atoms with van der Waals surface area (Å²) in [4.78, 5) is 30.5. The number of imidazole rings is 1. The summed E-state index contributed by atoms with van der Waals surface area (Å²) in [6.07, 6.45) is 0.0724. The molecule has 206 valence electrons. The standard InChI is InChI=1S/C29H16ClF5N4O2/c30-23-2-1-18(31)11-21(23)26-25-22(28(41)38-26)8-15(14-3-4-39-13-36-12-20(39)7-14)9-24(25)37-27(40)16-5-17(29(33,34)35)10-19(32)6-16/h1-13,26H,(H,37,40)(H,38,41). The maximum atomic E-state index is 14.2. The van der Waals surface area contributed by atoms with E-state index in [1.807, 2.05) is 0 Å². The number of rotatable bonds is 4. The van der Waals surface area contributed by atoms with Crippen molar-refractivity contribution in [2.75, 3.05) is 5.32 Å². The Morgan fingerprint density at radius 1 is 0.976 bits per heavy atom. The molecule has 0 radical (unpaired) electrons. The number of fused-ring (bicyclic) bond motifs is 2. The smallest absolute Gasteiger partial charge is 0.341 e. The van der Waals surface area contributed by atoms with E-state index in [-0.39, 0.29) is 33.5 Å². The predicted molar refractivity (Wildman–Crippen MR) is 141 cm³/mol. The van der Waals surface area contributed by atoms with Gasteiger partial charge in [0.2, 0.25) is 0 Å². The van der Waals surface area contributed by atoms with E-state index in [2.05, 4.69) is 15.6 Å². The Morgan fingerprint density at radius 2 is 1.78 bits per heavy atom. The van der Waals surface area contributed by atoms with Gasteiger partial charge in [-0.05, 0) is 71.8 Å². The zero-order chi connectivity index (χ0) is 29.1. The summed E-state index contributed by atoms with van der Waals surface area (Å²) in [6, 6.07) is 10.7. The molecule has 2 N–H and O–H groups in total.